The maximum absolute atomic E-state index is 4.07. The van der Waals surface area contributed by atoms with Crippen molar-refractivity contribution in [1.82, 2.24) is 0 Å². The van der Waals surface area contributed by atoms with Crippen LogP contribution < -0.4 is 0 Å². The molecule has 0 aromatic heterocycles. The molecule has 1 nitrogen and oxygen atoms in total. The Hall–Kier alpha value is 0.150. The molecule has 0 N–H and O–H groups in total. The van der Waals surface area contributed by atoms with Crippen LogP contribution in [0.15, 0.2) is 4.99 Å². The maximum atomic E-state index is 4.07. The lowest BCUT2D eigenvalue weighted by atomic mass is 10.2. The zero-order chi connectivity index (χ0) is 6.62. The first kappa shape index (κ1) is 8.15. The summed E-state index contributed by atoms with van der Waals surface area (Å²) in [6.45, 7) is 7.02. The second kappa shape index (κ2) is 3.23. The minimum atomic E-state index is 0.0724. The molecule has 48 valence electrons. The predicted molar refractivity (Wildman–Crippen MR) is 42.0 cm³/mol. The smallest absolute Gasteiger partial charge is 0.0548 e. The molecule has 0 aliphatic carbocycles. The second-order valence-electron chi connectivity index (χ2n) is 2.19. The van der Waals surface area contributed by atoms with Crippen molar-refractivity contribution in [1.29, 1.82) is 0 Å². The van der Waals surface area contributed by atoms with E-state index < -0.39 is 0 Å². The first-order chi connectivity index (χ1) is 3.56. The lowest BCUT2D eigenvalue weighted by molar-refractivity contribution is 0.977. The van der Waals surface area contributed by atoms with Crippen molar-refractivity contribution in [3.05, 3.63) is 0 Å². The third-order valence-electron chi connectivity index (χ3n) is 0.581. The topological polar surface area (TPSA) is 12.4 Å². The van der Waals surface area contributed by atoms with Crippen molar-refractivity contribution in [3.8, 4) is 0 Å². The van der Waals surface area contributed by atoms with Crippen LogP contribution in [0.4, 0.5) is 0 Å². The van der Waals surface area contributed by atoms with Gasteiger partial charge in [0.05, 0.1) is 4.32 Å². The van der Waals surface area contributed by atoms with Crippen molar-refractivity contribution >= 4 is 22.1 Å². The van der Waals surface area contributed by atoms with Crippen molar-refractivity contribution < 1.29 is 0 Å². The van der Waals surface area contributed by atoms with Crippen LogP contribution in [0, 0.1) is 0 Å². The van der Waals surface area contributed by atoms with Crippen LogP contribution in [0.1, 0.15) is 20.8 Å². The number of halogens is 1. The van der Waals surface area contributed by atoms with Gasteiger partial charge in [-0.15, -0.1) is 0 Å². The molecule has 0 saturated carbocycles. The van der Waals surface area contributed by atoms with Crippen molar-refractivity contribution in [3.63, 3.8) is 0 Å². The van der Waals surface area contributed by atoms with E-state index in [1.165, 1.54) is 0 Å². The number of nitrogens with zero attached hydrogens (tertiary/aromatic N) is 1. The Labute approximate surface area is 59.3 Å². The van der Waals surface area contributed by atoms with Gasteiger partial charge >= 0.3 is 0 Å². The van der Waals surface area contributed by atoms with Gasteiger partial charge in [-0.3, -0.25) is 4.99 Å². The zero-order valence-corrected chi connectivity index (χ0v) is 7.20. The second-order valence-corrected chi connectivity index (χ2v) is 4.24. The average molecular weight is 178 g/mol. The molecule has 0 amide bonds. The van der Waals surface area contributed by atoms with Crippen LogP contribution in [0.25, 0.3) is 0 Å². The summed E-state index contributed by atoms with van der Waals surface area (Å²) < 4.78 is 0.0724. The normalized spacial score (nSPS) is 13.0. The summed E-state index contributed by atoms with van der Waals surface area (Å²) in [7, 11) is 0. The summed E-state index contributed by atoms with van der Waals surface area (Å²) in [5.41, 5.74) is 0. The van der Waals surface area contributed by atoms with Crippen LogP contribution in [-0.2, 0) is 0 Å². The van der Waals surface area contributed by atoms with Crippen LogP contribution >= 0.6 is 15.9 Å². The fraction of sp³-hybridized carbons (Fsp3) is 0.833. The Bertz CT molecular complexity index is 81.0. The number of aliphatic imine (C=N–C) groups is 1. The summed E-state index contributed by atoms with van der Waals surface area (Å²) in [6.07, 6.45) is 1.91. The Morgan fingerprint density at radius 3 is 2.25 bits per heavy atom. The molecule has 0 unspecified atom stereocenters. The van der Waals surface area contributed by atoms with Gasteiger partial charge in [0, 0.05) is 12.8 Å². The van der Waals surface area contributed by atoms with Crippen molar-refractivity contribution in [2.45, 2.75) is 25.1 Å². The molecule has 8 heavy (non-hydrogen) atoms. The summed E-state index contributed by atoms with van der Waals surface area (Å²) >= 11 is 3.43. The predicted octanol–water partition coefficient (Wildman–Crippen LogP) is 2.25. The highest BCUT2D eigenvalue weighted by Gasteiger charge is 2.05. The Morgan fingerprint density at radius 1 is 1.62 bits per heavy atom. The highest BCUT2D eigenvalue weighted by atomic mass is 79.9. The first-order valence-electron chi connectivity index (χ1n) is 2.76. The largest absolute Gasteiger partial charge is 0.296 e. The molecule has 0 rings (SSSR count). The quantitative estimate of drug-likeness (QED) is 0.454. The van der Waals surface area contributed by atoms with E-state index in [2.05, 4.69) is 34.8 Å². The van der Waals surface area contributed by atoms with E-state index in [0.717, 1.165) is 6.54 Å². The molecule has 0 aromatic carbocycles. The Kier molecular flexibility index (Phi) is 3.29. The molecular formula is C6H12BrN. The van der Waals surface area contributed by atoms with Crippen LogP contribution in [0.3, 0.4) is 0 Å². The Balaban J connectivity index is 3.52. The molecular weight excluding hydrogens is 166 g/mol. The van der Waals surface area contributed by atoms with E-state index in [0.29, 0.717) is 0 Å². The molecule has 0 bridgehead atoms. The summed E-state index contributed by atoms with van der Waals surface area (Å²) in [5, 5.41) is 0. The summed E-state index contributed by atoms with van der Waals surface area (Å²) in [6, 6.07) is 0. The molecule has 0 saturated heterocycles. The lowest BCUT2D eigenvalue weighted by Crippen LogP contribution is -2.10. The molecule has 0 atom stereocenters. The van der Waals surface area contributed by atoms with Gasteiger partial charge in [0.2, 0.25) is 0 Å². The molecule has 0 aliphatic heterocycles. The van der Waals surface area contributed by atoms with E-state index >= 15 is 0 Å². The van der Waals surface area contributed by atoms with Gasteiger partial charge in [-0.1, -0.05) is 15.9 Å². The third kappa shape index (κ3) is 6.15. The van der Waals surface area contributed by atoms with Gasteiger partial charge in [-0.2, -0.15) is 0 Å². The molecule has 0 aliphatic rings. The number of hydrogen-bond acceptors (Lipinski definition) is 1. The van der Waals surface area contributed by atoms with Gasteiger partial charge in [0.1, 0.15) is 0 Å². The van der Waals surface area contributed by atoms with Gasteiger partial charge < -0.3 is 0 Å². The molecule has 2 heteroatoms. The lowest BCUT2D eigenvalue weighted by Gasteiger charge is -2.06. The fourth-order valence-electron chi connectivity index (χ4n) is 0.308. The summed E-state index contributed by atoms with van der Waals surface area (Å²) in [5.74, 6) is 0. The molecule has 0 radical (unpaired) electrons. The van der Waals surface area contributed by atoms with E-state index in [1.807, 2.05) is 13.1 Å². The first-order valence-corrected chi connectivity index (χ1v) is 3.55. The van der Waals surface area contributed by atoms with Gasteiger partial charge in [-0.25, -0.2) is 0 Å². The molecule has 0 spiro atoms. The van der Waals surface area contributed by atoms with Crippen LogP contribution in [-0.4, -0.2) is 17.1 Å². The number of hydrogen-bond donors (Lipinski definition) is 0. The molecule has 0 heterocycles. The minimum Gasteiger partial charge on any atom is -0.296 e. The van der Waals surface area contributed by atoms with Crippen molar-refractivity contribution in [2.75, 3.05) is 6.54 Å². The molecule has 0 aromatic rings. The minimum absolute atomic E-state index is 0.0724. The summed E-state index contributed by atoms with van der Waals surface area (Å²) in [4.78, 5) is 4.07. The fourth-order valence-corrected chi connectivity index (χ4v) is 0.453. The maximum Gasteiger partial charge on any atom is 0.0548 e. The standard InChI is InChI=1S/C6H12BrN/c1-4-8-5-6(2,3)7/h5H,4H2,1-3H3/b8-5-. The monoisotopic (exact) mass is 177 g/mol. The number of alkyl halides is 1. The van der Waals surface area contributed by atoms with Gasteiger partial charge in [0.25, 0.3) is 0 Å². The van der Waals surface area contributed by atoms with E-state index in [9.17, 15) is 0 Å². The Morgan fingerprint density at radius 2 is 2.12 bits per heavy atom. The van der Waals surface area contributed by atoms with Crippen LogP contribution in [0.2, 0.25) is 0 Å². The molecule has 0 fully saturated rings. The highest BCUT2D eigenvalue weighted by molar-refractivity contribution is 9.10. The zero-order valence-electron chi connectivity index (χ0n) is 5.61. The van der Waals surface area contributed by atoms with E-state index in [4.69, 9.17) is 0 Å². The van der Waals surface area contributed by atoms with Gasteiger partial charge in [0.15, 0.2) is 0 Å². The van der Waals surface area contributed by atoms with Gasteiger partial charge in [-0.05, 0) is 20.8 Å². The van der Waals surface area contributed by atoms with Crippen molar-refractivity contribution in [2.24, 2.45) is 4.99 Å². The van der Waals surface area contributed by atoms with E-state index in [1.54, 1.807) is 0 Å². The average Bonchev–Trinajstić information content (AvgIpc) is 1.59. The third-order valence-corrected chi connectivity index (χ3v) is 0.786. The van der Waals surface area contributed by atoms with E-state index in [-0.39, 0.29) is 4.32 Å². The highest BCUT2D eigenvalue weighted by Crippen LogP contribution is 2.11. The SMILES string of the molecule is CC/N=C\C(C)(C)Br. The van der Waals surface area contributed by atoms with Crippen LogP contribution in [0.5, 0.6) is 0 Å². The number of rotatable bonds is 2.